The van der Waals surface area contributed by atoms with Gasteiger partial charge in [0.05, 0.1) is 13.2 Å². The molecule has 14 heavy (non-hydrogen) atoms. The van der Waals surface area contributed by atoms with Gasteiger partial charge in [-0.05, 0) is 38.5 Å². The van der Waals surface area contributed by atoms with E-state index in [-0.39, 0.29) is 0 Å². The van der Waals surface area contributed by atoms with Crippen molar-refractivity contribution in [2.45, 2.75) is 63.1 Å². The highest BCUT2D eigenvalue weighted by Gasteiger charge is 2.50. The lowest BCUT2D eigenvalue weighted by Gasteiger charge is -2.54. The molecule has 2 saturated heterocycles. The topological polar surface area (TPSA) is 12.5 Å². The second-order valence-corrected chi connectivity index (χ2v) is 5.26. The Bertz CT molecular complexity index is 203. The van der Waals surface area contributed by atoms with Gasteiger partial charge in [0.2, 0.25) is 0 Å². The molecule has 2 heterocycles. The maximum Gasteiger partial charge on any atom is 0.0622 e. The predicted octanol–water partition coefficient (Wildman–Crippen LogP) is 2.18. The minimum atomic E-state index is 0.593. The van der Waals surface area contributed by atoms with E-state index in [2.05, 4.69) is 11.8 Å². The molecule has 3 aliphatic rings. The average molecular weight is 195 g/mol. The molecule has 0 amide bonds. The highest BCUT2D eigenvalue weighted by atomic mass is 16.5. The number of fused-ring (bicyclic) bond motifs is 2. The third-order valence-electron chi connectivity index (χ3n) is 4.73. The largest absolute Gasteiger partial charge is 0.378 e. The predicted molar refractivity (Wildman–Crippen MR) is 56.3 cm³/mol. The van der Waals surface area contributed by atoms with Crippen molar-refractivity contribution in [3.63, 3.8) is 0 Å². The van der Waals surface area contributed by atoms with Gasteiger partial charge in [-0.2, -0.15) is 0 Å². The van der Waals surface area contributed by atoms with Crippen molar-refractivity contribution < 1.29 is 4.74 Å². The maximum atomic E-state index is 5.65. The Hall–Kier alpha value is -0.0800. The zero-order valence-electron chi connectivity index (χ0n) is 9.17. The van der Waals surface area contributed by atoms with E-state index >= 15 is 0 Å². The monoisotopic (exact) mass is 195 g/mol. The van der Waals surface area contributed by atoms with Gasteiger partial charge in [-0.1, -0.05) is 6.92 Å². The molecule has 2 bridgehead atoms. The minimum Gasteiger partial charge on any atom is -0.378 e. The van der Waals surface area contributed by atoms with Crippen LogP contribution in [0.3, 0.4) is 0 Å². The number of rotatable bonds is 2. The van der Waals surface area contributed by atoms with Gasteiger partial charge in [0.25, 0.3) is 0 Å². The van der Waals surface area contributed by atoms with E-state index < -0.39 is 0 Å². The quantitative estimate of drug-likeness (QED) is 0.669. The summed E-state index contributed by atoms with van der Waals surface area (Å²) in [5.41, 5.74) is 0.593. The van der Waals surface area contributed by atoms with Gasteiger partial charge in [-0.3, -0.25) is 4.90 Å². The molecular formula is C12H21NO. The molecule has 2 unspecified atom stereocenters. The van der Waals surface area contributed by atoms with Crippen molar-refractivity contribution in [2.24, 2.45) is 0 Å². The highest BCUT2D eigenvalue weighted by Crippen LogP contribution is 2.47. The Morgan fingerprint density at radius 2 is 1.86 bits per heavy atom. The summed E-state index contributed by atoms with van der Waals surface area (Å²) in [6, 6.07) is 1.52. The molecule has 3 fully saturated rings. The molecule has 0 aromatic rings. The van der Waals surface area contributed by atoms with Crippen molar-refractivity contribution >= 4 is 0 Å². The lowest BCUT2D eigenvalue weighted by atomic mass is 9.72. The first-order chi connectivity index (χ1) is 6.86. The molecule has 0 N–H and O–H groups in total. The molecule has 3 rings (SSSR count). The lowest BCUT2D eigenvalue weighted by Crippen LogP contribution is -2.61. The third-order valence-corrected chi connectivity index (χ3v) is 4.73. The van der Waals surface area contributed by atoms with Crippen LogP contribution in [0.5, 0.6) is 0 Å². The number of ether oxygens (including phenoxy) is 1. The molecule has 0 aromatic heterocycles. The smallest absolute Gasteiger partial charge is 0.0622 e. The molecule has 2 aliphatic heterocycles. The van der Waals surface area contributed by atoms with Crippen LogP contribution in [-0.2, 0) is 4.74 Å². The van der Waals surface area contributed by atoms with Gasteiger partial charge in [-0.25, -0.2) is 0 Å². The van der Waals surface area contributed by atoms with E-state index in [1.54, 1.807) is 0 Å². The van der Waals surface area contributed by atoms with Gasteiger partial charge in [-0.15, -0.1) is 0 Å². The third kappa shape index (κ3) is 1.10. The van der Waals surface area contributed by atoms with E-state index in [4.69, 9.17) is 4.74 Å². The Morgan fingerprint density at radius 1 is 1.21 bits per heavy atom. The van der Waals surface area contributed by atoms with Crippen LogP contribution in [-0.4, -0.2) is 35.7 Å². The summed E-state index contributed by atoms with van der Waals surface area (Å²) in [7, 11) is 0. The van der Waals surface area contributed by atoms with Crippen molar-refractivity contribution in [1.82, 2.24) is 4.90 Å². The van der Waals surface area contributed by atoms with E-state index in [1.807, 2.05) is 0 Å². The summed E-state index contributed by atoms with van der Waals surface area (Å²) >= 11 is 0. The molecule has 0 radical (unpaired) electrons. The van der Waals surface area contributed by atoms with Gasteiger partial charge in [0.15, 0.2) is 0 Å². The number of nitrogens with zero attached hydrogens (tertiary/aromatic N) is 1. The summed E-state index contributed by atoms with van der Waals surface area (Å²) in [6.45, 7) is 4.37. The van der Waals surface area contributed by atoms with E-state index in [0.717, 1.165) is 25.3 Å². The maximum absolute atomic E-state index is 5.65. The number of hydrogen-bond acceptors (Lipinski definition) is 2. The van der Waals surface area contributed by atoms with Crippen molar-refractivity contribution in [3.05, 3.63) is 0 Å². The van der Waals surface area contributed by atoms with Crippen LogP contribution in [0.1, 0.15) is 45.4 Å². The minimum absolute atomic E-state index is 0.593. The molecule has 1 aliphatic carbocycles. The van der Waals surface area contributed by atoms with Gasteiger partial charge in [0.1, 0.15) is 0 Å². The average Bonchev–Trinajstić information content (AvgIpc) is 2.41. The molecular weight excluding hydrogens is 174 g/mol. The fraction of sp³-hybridized carbons (Fsp3) is 1.00. The van der Waals surface area contributed by atoms with Crippen molar-refractivity contribution in [1.29, 1.82) is 0 Å². The molecule has 0 aromatic carbocycles. The van der Waals surface area contributed by atoms with Crippen molar-refractivity contribution in [3.8, 4) is 0 Å². The van der Waals surface area contributed by atoms with E-state index in [0.29, 0.717) is 5.54 Å². The second kappa shape index (κ2) is 3.21. The van der Waals surface area contributed by atoms with Crippen LogP contribution in [0.25, 0.3) is 0 Å². The van der Waals surface area contributed by atoms with Gasteiger partial charge >= 0.3 is 0 Å². The zero-order valence-corrected chi connectivity index (χ0v) is 9.17. The van der Waals surface area contributed by atoms with Crippen LogP contribution >= 0.6 is 0 Å². The summed E-state index contributed by atoms with van der Waals surface area (Å²) in [6.07, 6.45) is 8.44. The standard InChI is InChI=1S/C12H21NO/c1-2-12(6-3-7-12)13-10-4-5-11(13)9-14-8-10/h10-11H,2-9H2,1H3. The molecule has 1 saturated carbocycles. The first-order valence-electron chi connectivity index (χ1n) is 6.22. The first kappa shape index (κ1) is 9.17. The Labute approximate surface area is 86.6 Å². The number of hydrogen-bond donors (Lipinski definition) is 0. The number of morpholine rings is 1. The fourth-order valence-electron chi connectivity index (χ4n) is 3.78. The highest BCUT2D eigenvalue weighted by molar-refractivity contribution is 5.05. The second-order valence-electron chi connectivity index (χ2n) is 5.26. The SMILES string of the molecule is CCC1(N2C3CCC2COC3)CCC1. The molecule has 0 spiro atoms. The fourth-order valence-corrected chi connectivity index (χ4v) is 3.78. The summed E-state index contributed by atoms with van der Waals surface area (Å²) in [4.78, 5) is 2.85. The first-order valence-corrected chi connectivity index (χ1v) is 6.22. The van der Waals surface area contributed by atoms with Crippen LogP contribution < -0.4 is 0 Å². The van der Waals surface area contributed by atoms with Crippen LogP contribution in [0, 0.1) is 0 Å². The molecule has 80 valence electrons. The van der Waals surface area contributed by atoms with Crippen molar-refractivity contribution in [2.75, 3.05) is 13.2 Å². The Kier molecular flexibility index (Phi) is 2.10. The summed E-state index contributed by atoms with van der Waals surface area (Å²) in [5.74, 6) is 0. The molecule has 2 atom stereocenters. The summed E-state index contributed by atoms with van der Waals surface area (Å²) in [5, 5.41) is 0. The Morgan fingerprint density at radius 3 is 2.29 bits per heavy atom. The normalized spacial score (nSPS) is 40.9. The van der Waals surface area contributed by atoms with E-state index in [9.17, 15) is 0 Å². The molecule has 2 heteroatoms. The Balaban J connectivity index is 1.83. The molecule has 2 nitrogen and oxygen atoms in total. The van der Waals surface area contributed by atoms with Gasteiger partial charge in [0, 0.05) is 17.6 Å². The zero-order chi connectivity index (χ0) is 9.60. The van der Waals surface area contributed by atoms with Crippen LogP contribution in [0.15, 0.2) is 0 Å². The summed E-state index contributed by atoms with van der Waals surface area (Å²) < 4.78 is 5.65. The van der Waals surface area contributed by atoms with Gasteiger partial charge < -0.3 is 4.74 Å². The van der Waals surface area contributed by atoms with E-state index in [1.165, 1.54) is 38.5 Å². The lowest BCUT2D eigenvalue weighted by molar-refractivity contribution is -0.102. The van der Waals surface area contributed by atoms with Crippen LogP contribution in [0.2, 0.25) is 0 Å². The van der Waals surface area contributed by atoms with Crippen LogP contribution in [0.4, 0.5) is 0 Å².